The van der Waals surface area contributed by atoms with Gasteiger partial charge in [0.15, 0.2) is 0 Å². The minimum Gasteiger partial charge on any atom is -0.494 e. The van der Waals surface area contributed by atoms with Crippen LogP contribution in [0.1, 0.15) is 44.6 Å². The third-order valence-corrected chi connectivity index (χ3v) is 4.89. The van der Waals surface area contributed by atoms with Crippen LogP contribution in [0.25, 0.3) is 0 Å². The van der Waals surface area contributed by atoms with E-state index in [-0.39, 0.29) is 12.3 Å². The number of aliphatic hydroxyl groups is 1. The Morgan fingerprint density at radius 3 is 2.44 bits per heavy atom. The minimum absolute atomic E-state index is 0.208. The predicted octanol–water partition coefficient (Wildman–Crippen LogP) is 1.90. The third-order valence-electron chi connectivity index (χ3n) is 4.89. The molecule has 1 fully saturated rings. The van der Waals surface area contributed by atoms with Gasteiger partial charge in [0.05, 0.1) is 12.5 Å². The number of carbonyl (C=O) groups is 2. The number of benzene rings is 1. The van der Waals surface area contributed by atoms with Crippen LogP contribution >= 0.6 is 0 Å². The lowest BCUT2D eigenvalue weighted by Gasteiger charge is -2.31. The molecule has 7 heteroatoms. The number of hydrogen-bond donors (Lipinski definition) is 3. The molecule has 0 unspecified atom stereocenters. The van der Waals surface area contributed by atoms with Gasteiger partial charge in [-0.15, -0.1) is 0 Å². The van der Waals surface area contributed by atoms with Crippen molar-refractivity contribution in [2.75, 3.05) is 19.7 Å². The van der Waals surface area contributed by atoms with Gasteiger partial charge in [0, 0.05) is 13.1 Å². The van der Waals surface area contributed by atoms with E-state index in [2.05, 4.69) is 6.92 Å². The van der Waals surface area contributed by atoms with Crippen LogP contribution in [-0.4, -0.2) is 52.8 Å². The van der Waals surface area contributed by atoms with Gasteiger partial charge < -0.3 is 14.7 Å². The molecule has 2 atom stereocenters. The van der Waals surface area contributed by atoms with Gasteiger partial charge in [-0.05, 0) is 49.8 Å². The second-order valence-electron chi connectivity index (χ2n) is 6.96. The fourth-order valence-electron chi connectivity index (χ4n) is 3.24. The Kier molecular flexibility index (Phi) is 8.54. The topological polar surface area (TPSA) is 99.1 Å². The SMILES string of the molecule is CCCCOc1ccc(C[C@@H](C(=O)N2CCCCC2)[C@H](O)C(=O)NO)cc1. The first-order chi connectivity index (χ1) is 13.1. The molecule has 2 rings (SSSR count). The molecular weight excluding hydrogens is 348 g/mol. The molecule has 0 aromatic heterocycles. The van der Waals surface area contributed by atoms with Crippen LogP contribution in [0.2, 0.25) is 0 Å². The summed E-state index contributed by atoms with van der Waals surface area (Å²) in [6.07, 6.45) is 3.56. The maximum Gasteiger partial charge on any atom is 0.272 e. The highest BCUT2D eigenvalue weighted by molar-refractivity contribution is 5.89. The highest BCUT2D eigenvalue weighted by Crippen LogP contribution is 2.21. The van der Waals surface area contributed by atoms with Crippen molar-refractivity contribution in [3.63, 3.8) is 0 Å². The third kappa shape index (κ3) is 6.22. The number of piperidine rings is 1. The molecule has 7 nitrogen and oxygen atoms in total. The van der Waals surface area contributed by atoms with Crippen LogP contribution < -0.4 is 10.2 Å². The zero-order valence-corrected chi connectivity index (χ0v) is 15.9. The largest absolute Gasteiger partial charge is 0.494 e. The monoisotopic (exact) mass is 378 g/mol. The van der Waals surface area contributed by atoms with Gasteiger partial charge in [0.25, 0.3) is 5.91 Å². The maximum absolute atomic E-state index is 12.9. The molecule has 0 radical (unpaired) electrons. The summed E-state index contributed by atoms with van der Waals surface area (Å²) < 4.78 is 5.63. The molecule has 150 valence electrons. The molecule has 1 saturated heterocycles. The number of carbonyl (C=O) groups excluding carboxylic acids is 2. The van der Waals surface area contributed by atoms with Gasteiger partial charge in [-0.3, -0.25) is 14.8 Å². The first kappa shape index (κ1) is 21.2. The van der Waals surface area contributed by atoms with Crippen molar-refractivity contribution < 1.29 is 24.6 Å². The average molecular weight is 378 g/mol. The van der Waals surface area contributed by atoms with Gasteiger partial charge in [0.1, 0.15) is 11.9 Å². The van der Waals surface area contributed by atoms with Crippen LogP contribution in [0.15, 0.2) is 24.3 Å². The number of likely N-dealkylation sites (tertiary alicyclic amines) is 1. The molecule has 0 spiro atoms. The second-order valence-corrected chi connectivity index (χ2v) is 6.96. The number of hydroxylamine groups is 1. The molecule has 1 aliphatic heterocycles. The number of amides is 2. The molecule has 27 heavy (non-hydrogen) atoms. The Labute approximate surface area is 160 Å². The molecule has 0 bridgehead atoms. The lowest BCUT2D eigenvalue weighted by molar-refractivity contribution is -0.150. The number of aliphatic hydroxyl groups excluding tert-OH is 1. The normalized spacial score (nSPS) is 16.5. The Morgan fingerprint density at radius 2 is 1.85 bits per heavy atom. The van der Waals surface area contributed by atoms with E-state index in [1.807, 2.05) is 24.3 Å². The number of ether oxygens (including phenoxy) is 1. The maximum atomic E-state index is 12.9. The van der Waals surface area contributed by atoms with Crippen LogP contribution in [0.3, 0.4) is 0 Å². The molecule has 0 aliphatic carbocycles. The van der Waals surface area contributed by atoms with Crippen molar-refractivity contribution in [3.05, 3.63) is 29.8 Å². The Hall–Kier alpha value is -2.12. The summed E-state index contributed by atoms with van der Waals surface area (Å²) in [6.45, 7) is 4.01. The fraction of sp³-hybridized carbons (Fsp3) is 0.600. The van der Waals surface area contributed by atoms with E-state index >= 15 is 0 Å². The van der Waals surface area contributed by atoms with Gasteiger partial charge in [-0.25, -0.2) is 5.48 Å². The lowest BCUT2D eigenvalue weighted by atomic mass is 9.91. The minimum atomic E-state index is -1.61. The summed E-state index contributed by atoms with van der Waals surface area (Å²) in [5.41, 5.74) is 2.26. The summed E-state index contributed by atoms with van der Waals surface area (Å²) in [6, 6.07) is 7.32. The quantitative estimate of drug-likeness (QED) is 0.346. The van der Waals surface area contributed by atoms with Crippen LogP contribution in [0.4, 0.5) is 0 Å². The molecule has 1 aromatic rings. The molecule has 0 saturated carbocycles. The van der Waals surface area contributed by atoms with Gasteiger partial charge in [-0.2, -0.15) is 0 Å². The summed E-state index contributed by atoms with van der Waals surface area (Å²) in [4.78, 5) is 26.3. The van der Waals surface area contributed by atoms with Crippen molar-refractivity contribution in [3.8, 4) is 5.75 Å². The average Bonchev–Trinajstić information content (AvgIpc) is 2.72. The van der Waals surface area contributed by atoms with Gasteiger partial charge in [-0.1, -0.05) is 25.5 Å². The van der Waals surface area contributed by atoms with Crippen molar-refractivity contribution in [2.45, 2.75) is 51.6 Å². The smallest absolute Gasteiger partial charge is 0.272 e. The molecule has 1 heterocycles. The molecular formula is C20H30N2O5. The van der Waals surface area contributed by atoms with Crippen molar-refractivity contribution >= 4 is 11.8 Å². The highest BCUT2D eigenvalue weighted by atomic mass is 16.5. The van der Waals surface area contributed by atoms with E-state index in [9.17, 15) is 14.7 Å². The Bertz CT molecular complexity index is 599. The van der Waals surface area contributed by atoms with Crippen molar-refractivity contribution in [2.24, 2.45) is 5.92 Å². The van der Waals surface area contributed by atoms with Gasteiger partial charge >= 0.3 is 0 Å². The number of rotatable bonds is 9. The molecule has 3 N–H and O–H groups in total. The van der Waals surface area contributed by atoms with E-state index < -0.39 is 17.9 Å². The zero-order chi connectivity index (χ0) is 19.6. The Balaban J connectivity index is 2.08. The van der Waals surface area contributed by atoms with Crippen LogP contribution in [-0.2, 0) is 16.0 Å². The van der Waals surface area contributed by atoms with Crippen molar-refractivity contribution in [1.82, 2.24) is 10.4 Å². The van der Waals surface area contributed by atoms with Crippen molar-refractivity contribution in [1.29, 1.82) is 0 Å². The summed E-state index contributed by atoms with van der Waals surface area (Å²) >= 11 is 0. The first-order valence-electron chi connectivity index (χ1n) is 9.69. The number of hydrogen-bond acceptors (Lipinski definition) is 5. The lowest BCUT2D eigenvalue weighted by Crippen LogP contribution is -2.48. The van der Waals surface area contributed by atoms with E-state index in [0.29, 0.717) is 19.7 Å². The summed E-state index contributed by atoms with van der Waals surface area (Å²) in [5, 5.41) is 19.1. The highest BCUT2D eigenvalue weighted by Gasteiger charge is 2.35. The Morgan fingerprint density at radius 1 is 1.19 bits per heavy atom. The summed E-state index contributed by atoms with van der Waals surface area (Å²) in [5.74, 6) is -1.42. The zero-order valence-electron chi connectivity index (χ0n) is 15.9. The van der Waals surface area contributed by atoms with E-state index in [1.54, 1.807) is 4.90 Å². The van der Waals surface area contributed by atoms with Crippen LogP contribution in [0, 0.1) is 5.92 Å². The number of nitrogens with one attached hydrogen (secondary N) is 1. The standard InChI is InChI=1S/C20H30N2O5/c1-2-3-13-27-16-9-7-15(8-10-16)14-17(18(23)19(24)21-26)20(25)22-11-5-4-6-12-22/h7-10,17-18,23,26H,2-6,11-14H2,1H3,(H,21,24)/t17-,18+/m1/s1. The van der Waals surface area contributed by atoms with Gasteiger partial charge in [0.2, 0.25) is 5.91 Å². The predicted molar refractivity (Wildman–Crippen MR) is 100 cm³/mol. The fourth-order valence-corrected chi connectivity index (χ4v) is 3.24. The van der Waals surface area contributed by atoms with E-state index in [4.69, 9.17) is 9.94 Å². The summed E-state index contributed by atoms with van der Waals surface area (Å²) in [7, 11) is 0. The number of unbranched alkanes of at least 4 members (excludes halogenated alkanes) is 1. The molecule has 1 aliphatic rings. The molecule has 2 amide bonds. The number of nitrogens with zero attached hydrogens (tertiary/aromatic N) is 1. The van der Waals surface area contributed by atoms with Crippen LogP contribution in [0.5, 0.6) is 5.75 Å². The van der Waals surface area contributed by atoms with E-state index in [1.165, 1.54) is 5.48 Å². The van der Waals surface area contributed by atoms with E-state index in [0.717, 1.165) is 43.4 Å². The first-order valence-corrected chi connectivity index (χ1v) is 9.69. The second kappa shape index (κ2) is 10.9. The molecule has 1 aromatic carbocycles.